The summed E-state index contributed by atoms with van der Waals surface area (Å²) in [5, 5.41) is 14.5. The molecule has 25 heavy (non-hydrogen) atoms. The van der Waals surface area contributed by atoms with Crippen molar-refractivity contribution >= 4 is 17.8 Å². The highest BCUT2D eigenvalue weighted by atomic mass is 16.5. The van der Waals surface area contributed by atoms with Crippen LogP contribution in [-0.2, 0) is 14.4 Å². The minimum absolute atomic E-state index is 0.182. The summed E-state index contributed by atoms with van der Waals surface area (Å²) in [5.74, 6) is -1.67. The van der Waals surface area contributed by atoms with Crippen LogP contribution >= 0.6 is 0 Å². The van der Waals surface area contributed by atoms with E-state index in [4.69, 9.17) is 4.74 Å². The maximum Gasteiger partial charge on any atom is 0.308 e. The summed E-state index contributed by atoms with van der Waals surface area (Å²) in [6.07, 6.45) is 3.94. The molecule has 0 radical (unpaired) electrons. The second-order valence-corrected chi connectivity index (χ2v) is 6.14. The molecule has 3 N–H and O–H groups in total. The van der Waals surface area contributed by atoms with E-state index in [2.05, 4.69) is 10.6 Å². The van der Waals surface area contributed by atoms with Gasteiger partial charge in [-0.3, -0.25) is 14.4 Å². The Morgan fingerprint density at radius 3 is 2.48 bits per heavy atom. The number of hydrogen-bond acceptors (Lipinski definition) is 4. The van der Waals surface area contributed by atoms with E-state index < -0.39 is 17.8 Å². The Labute approximate surface area is 146 Å². The number of benzene rings is 1. The van der Waals surface area contributed by atoms with Crippen LogP contribution in [0, 0.1) is 5.92 Å². The lowest BCUT2D eigenvalue weighted by Crippen LogP contribution is -2.47. The van der Waals surface area contributed by atoms with Gasteiger partial charge in [0.1, 0.15) is 5.75 Å². The van der Waals surface area contributed by atoms with Crippen LogP contribution in [0.3, 0.4) is 0 Å². The van der Waals surface area contributed by atoms with Gasteiger partial charge in [0.05, 0.1) is 12.5 Å². The first kappa shape index (κ1) is 18.8. The van der Waals surface area contributed by atoms with Gasteiger partial charge in [-0.1, -0.05) is 37.5 Å². The van der Waals surface area contributed by atoms with Gasteiger partial charge in [-0.2, -0.15) is 0 Å². The number of carbonyl (C=O) groups is 3. The van der Waals surface area contributed by atoms with Crippen LogP contribution in [0.25, 0.3) is 0 Å². The van der Waals surface area contributed by atoms with Crippen molar-refractivity contribution in [1.29, 1.82) is 0 Å². The fourth-order valence-corrected chi connectivity index (χ4v) is 2.93. The molecule has 2 rings (SSSR count). The first-order chi connectivity index (χ1) is 12.1. The first-order valence-electron chi connectivity index (χ1n) is 8.53. The summed E-state index contributed by atoms with van der Waals surface area (Å²) >= 11 is 0. The second kappa shape index (κ2) is 9.66. The lowest BCUT2D eigenvalue weighted by atomic mass is 9.95. The van der Waals surface area contributed by atoms with Crippen LogP contribution in [0.15, 0.2) is 30.3 Å². The van der Waals surface area contributed by atoms with Crippen LogP contribution in [-0.4, -0.2) is 42.1 Å². The Morgan fingerprint density at radius 1 is 1.04 bits per heavy atom. The van der Waals surface area contributed by atoms with Gasteiger partial charge >= 0.3 is 5.97 Å². The zero-order valence-corrected chi connectivity index (χ0v) is 14.1. The number of ether oxygens (including phenoxy) is 1. The van der Waals surface area contributed by atoms with Crippen molar-refractivity contribution in [1.82, 2.24) is 10.6 Å². The minimum atomic E-state index is -0.882. The van der Waals surface area contributed by atoms with Gasteiger partial charge in [-0.25, -0.2) is 0 Å². The number of rotatable bonds is 7. The van der Waals surface area contributed by atoms with E-state index in [1.165, 1.54) is 0 Å². The summed E-state index contributed by atoms with van der Waals surface area (Å²) in [5.41, 5.74) is 0. The molecule has 0 aromatic heterocycles. The van der Waals surface area contributed by atoms with Gasteiger partial charge < -0.3 is 20.5 Å². The Balaban J connectivity index is 1.73. The third-order valence-electron chi connectivity index (χ3n) is 4.24. The third kappa shape index (κ3) is 6.45. The van der Waals surface area contributed by atoms with E-state index in [1.807, 2.05) is 6.07 Å². The molecule has 1 saturated carbocycles. The predicted molar refractivity (Wildman–Crippen MR) is 91.1 cm³/mol. The van der Waals surface area contributed by atoms with Gasteiger partial charge in [0, 0.05) is 6.04 Å². The number of nitrogens with one attached hydrogen (secondary N) is 2. The molecule has 1 aliphatic carbocycles. The Kier molecular flexibility index (Phi) is 7.25. The highest BCUT2D eigenvalue weighted by Gasteiger charge is 2.30. The van der Waals surface area contributed by atoms with Crippen molar-refractivity contribution in [3.05, 3.63) is 30.3 Å². The second-order valence-electron chi connectivity index (χ2n) is 6.14. The molecule has 1 fully saturated rings. The van der Waals surface area contributed by atoms with E-state index in [9.17, 15) is 19.5 Å². The number of carboxylic acids is 1. The molecule has 1 aliphatic rings. The quantitative estimate of drug-likeness (QED) is 0.645. The number of para-hydroxylation sites is 1. The van der Waals surface area contributed by atoms with Crippen LogP contribution < -0.4 is 15.4 Å². The Bertz CT molecular complexity index is 590. The molecule has 0 heterocycles. The summed E-state index contributed by atoms with van der Waals surface area (Å²) in [4.78, 5) is 35.1. The topological polar surface area (TPSA) is 105 Å². The number of amides is 2. The van der Waals surface area contributed by atoms with E-state index >= 15 is 0 Å². The summed E-state index contributed by atoms with van der Waals surface area (Å²) in [6, 6.07) is 8.52. The van der Waals surface area contributed by atoms with Gasteiger partial charge in [0.25, 0.3) is 5.91 Å². The van der Waals surface area contributed by atoms with E-state index in [-0.39, 0.29) is 25.1 Å². The molecule has 0 aliphatic heterocycles. The van der Waals surface area contributed by atoms with Crippen molar-refractivity contribution in [3.63, 3.8) is 0 Å². The van der Waals surface area contributed by atoms with Crippen LogP contribution in [0.2, 0.25) is 0 Å². The number of carbonyl (C=O) groups excluding carboxylic acids is 2. The van der Waals surface area contributed by atoms with E-state index in [0.717, 1.165) is 19.3 Å². The SMILES string of the molecule is O=C(COc1ccccc1)NCC(=O)N[C@H]1CCCCC[C@H]1C(=O)O. The Hall–Kier alpha value is -2.57. The third-order valence-corrected chi connectivity index (χ3v) is 4.24. The zero-order chi connectivity index (χ0) is 18.1. The predicted octanol–water partition coefficient (Wildman–Crippen LogP) is 1.33. The van der Waals surface area contributed by atoms with E-state index in [0.29, 0.717) is 18.6 Å². The summed E-state index contributed by atoms with van der Waals surface area (Å²) in [7, 11) is 0. The number of hydrogen-bond donors (Lipinski definition) is 3. The smallest absolute Gasteiger partial charge is 0.308 e. The Morgan fingerprint density at radius 2 is 1.76 bits per heavy atom. The van der Waals surface area contributed by atoms with Gasteiger partial charge in [-0.05, 0) is 25.0 Å². The maximum absolute atomic E-state index is 12.0. The molecule has 0 spiro atoms. The average molecular weight is 348 g/mol. The lowest BCUT2D eigenvalue weighted by Gasteiger charge is -2.22. The van der Waals surface area contributed by atoms with Crippen LogP contribution in [0.5, 0.6) is 5.75 Å². The molecular weight excluding hydrogens is 324 g/mol. The molecule has 7 heteroatoms. The monoisotopic (exact) mass is 348 g/mol. The summed E-state index contributed by atoms with van der Waals surface area (Å²) < 4.78 is 5.29. The standard InChI is InChI=1S/C18H24N2O5/c21-16(20-15-10-6-2-5-9-14(15)18(23)24)11-19-17(22)12-25-13-7-3-1-4-8-13/h1,3-4,7-8,14-15H,2,5-6,9-12H2,(H,19,22)(H,20,21)(H,23,24)/t14-,15+/m1/s1. The molecule has 2 atom stereocenters. The maximum atomic E-state index is 12.0. The summed E-state index contributed by atoms with van der Waals surface area (Å²) in [6.45, 7) is -0.377. The van der Waals surface area contributed by atoms with Crippen molar-refractivity contribution in [2.45, 2.75) is 38.1 Å². The van der Waals surface area contributed by atoms with Crippen molar-refractivity contribution in [2.75, 3.05) is 13.2 Å². The largest absolute Gasteiger partial charge is 0.484 e. The molecule has 136 valence electrons. The molecule has 2 amide bonds. The lowest BCUT2D eigenvalue weighted by molar-refractivity contribution is -0.143. The normalized spacial score (nSPS) is 20.2. The molecule has 0 saturated heterocycles. The van der Waals surface area contributed by atoms with Gasteiger partial charge in [0.2, 0.25) is 5.91 Å². The highest BCUT2D eigenvalue weighted by Crippen LogP contribution is 2.23. The molecule has 0 unspecified atom stereocenters. The molecule has 0 bridgehead atoms. The number of carboxylic acid groups (broad SMARTS) is 1. The van der Waals surface area contributed by atoms with Gasteiger partial charge in [0.15, 0.2) is 6.61 Å². The molecule has 1 aromatic carbocycles. The molecular formula is C18H24N2O5. The fourth-order valence-electron chi connectivity index (χ4n) is 2.93. The van der Waals surface area contributed by atoms with Crippen molar-refractivity contribution < 1.29 is 24.2 Å². The van der Waals surface area contributed by atoms with Crippen molar-refractivity contribution in [3.8, 4) is 5.75 Å². The first-order valence-corrected chi connectivity index (χ1v) is 8.53. The average Bonchev–Trinajstić information content (AvgIpc) is 2.84. The van der Waals surface area contributed by atoms with E-state index in [1.54, 1.807) is 24.3 Å². The van der Waals surface area contributed by atoms with Crippen LogP contribution in [0.4, 0.5) is 0 Å². The molecule has 1 aromatic rings. The molecule has 7 nitrogen and oxygen atoms in total. The van der Waals surface area contributed by atoms with Gasteiger partial charge in [-0.15, -0.1) is 0 Å². The highest BCUT2D eigenvalue weighted by molar-refractivity contribution is 5.85. The van der Waals surface area contributed by atoms with Crippen LogP contribution in [0.1, 0.15) is 32.1 Å². The zero-order valence-electron chi connectivity index (χ0n) is 14.1. The minimum Gasteiger partial charge on any atom is -0.484 e. The van der Waals surface area contributed by atoms with Crippen molar-refractivity contribution in [2.24, 2.45) is 5.92 Å². The number of aliphatic carboxylic acids is 1. The fraction of sp³-hybridized carbons (Fsp3) is 0.500.